The van der Waals surface area contributed by atoms with Gasteiger partial charge in [-0.3, -0.25) is 0 Å². The standard InChI is InChI=1S/C9H9N3S/c1-13-9-7(4-10)11-5-12-8(9)6-2-3-6/h5-6H,2-3H2,1H3. The van der Waals surface area contributed by atoms with Crippen molar-refractivity contribution in [2.24, 2.45) is 0 Å². The van der Waals surface area contributed by atoms with E-state index in [2.05, 4.69) is 16.0 Å². The van der Waals surface area contributed by atoms with Crippen molar-refractivity contribution in [1.29, 1.82) is 5.26 Å². The summed E-state index contributed by atoms with van der Waals surface area (Å²) in [6.07, 6.45) is 5.86. The molecule has 1 saturated carbocycles. The van der Waals surface area contributed by atoms with Crippen LogP contribution in [0.15, 0.2) is 11.2 Å². The molecular weight excluding hydrogens is 182 g/mol. The Balaban J connectivity index is 2.49. The summed E-state index contributed by atoms with van der Waals surface area (Å²) in [6.45, 7) is 0. The number of aromatic nitrogens is 2. The first-order chi connectivity index (χ1) is 6.36. The molecule has 0 amide bonds. The molecule has 1 aromatic rings. The summed E-state index contributed by atoms with van der Waals surface area (Å²) >= 11 is 1.57. The molecule has 0 N–H and O–H groups in total. The Labute approximate surface area is 81.2 Å². The molecule has 1 aliphatic rings. The number of rotatable bonds is 2. The van der Waals surface area contributed by atoms with Gasteiger partial charge >= 0.3 is 0 Å². The van der Waals surface area contributed by atoms with Gasteiger partial charge in [-0.25, -0.2) is 9.97 Å². The van der Waals surface area contributed by atoms with Crippen LogP contribution in [0.3, 0.4) is 0 Å². The minimum Gasteiger partial charge on any atom is -0.240 e. The van der Waals surface area contributed by atoms with Crippen LogP contribution < -0.4 is 0 Å². The highest BCUT2D eigenvalue weighted by molar-refractivity contribution is 7.98. The lowest BCUT2D eigenvalue weighted by Gasteiger charge is -2.04. The SMILES string of the molecule is CSc1c(C#N)ncnc1C1CC1. The molecule has 0 saturated heterocycles. The highest BCUT2D eigenvalue weighted by Crippen LogP contribution is 2.42. The molecule has 2 rings (SSSR count). The van der Waals surface area contributed by atoms with Gasteiger partial charge in [-0.2, -0.15) is 5.26 Å². The van der Waals surface area contributed by atoms with Gasteiger partial charge in [-0.05, 0) is 19.1 Å². The zero-order chi connectivity index (χ0) is 9.26. The second-order valence-corrected chi connectivity index (χ2v) is 3.84. The van der Waals surface area contributed by atoms with E-state index in [1.807, 2.05) is 6.26 Å². The maximum absolute atomic E-state index is 8.82. The molecule has 1 fully saturated rings. The average Bonchev–Trinajstić information content (AvgIpc) is 2.99. The second kappa shape index (κ2) is 3.35. The highest BCUT2D eigenvalue weighted by atomic mass is 32.2. The molecular formula is C9H9N3S. The van der Waals surface area contributed by atoms with E-state index in [9.17, 15) is 0 Å². The zero-order valence-electron chi connectivity index (χ0n) is 7.32. The van der Waals surface area contributed by atoms with E-state index in [0.29, 0.717) is 11.6 Å². The minimum atomic E-state index is 0.518. The number of nitrogens with zero attached hydrogens (tertiary/aromatic N) is 3. The Kier molecular flexibility index (Phi) is 2.19. The van der Waals surface area contributed by atoms with E-state index in [1.54, 1.807) is 11.8 Å². The Morgan fingerprint density at radius 3 is 2.85 bits per heavy atom. The Hall–Kier alpha value is -1.08. The van der Waals surface area contributed by atoms with Crippen LogP contribution in [0.1, 0.15) is 30.1 Å². The molecule has 1 heterocycles. The fraction of sp³-hybridized carbons (Fsp3) is 0.444. The predicted octanol–water partition coefficient (Wildman–Crippen LogP) is 1.95. The molecule has 66 valence electrons. The van der Waals surface area contributed by atoms with Crippen LogP contribution >= 0.6 is 11.8 Å². The van der Waals surface area contributed by atoms with E-state index in [0.717, 1.165) is 10.6 Å². The molecule has 0 radical (unpaired) electrons. The van der Waals surface area contributed by atoms with Gasteiger partial charge in [0.2, 0.25) is 0 Å². The largest absolute Gasteiger partial charge is 0.240 e. The molecule has 0 atom stereocenters. The first kappa shape index (κ1) is 8.52. The lowest BCUT2D eigenvalue weighted by Crippen LogP contribution is -1.96. The minimum absolute atomic E-state index is 0.518. The summed E-state index contributed by atoms with van der Waals surface area (Å²) in [5.74, 6) is 0.581. The van der Waals surface area contributed by atoms with Gasteiger partial charge < -0.3 is 0 Å². The van der Waals surface area contributed by atoms with Gasteiger partial charge in [0.15, 0.2) is 5.69 Å². The lowest BCUT2D eigenvalue weighted by molar-refractivity contribution is 0.917. The van der Waals surface area contributed by atoms with Crippen LogP contribution in [0.25, 0.3) is 0 Å². The van der Waals surface area contributed by atoms with Gasteiger partial charge in [-0.1, -0.05) is 0 Å². The molecule has 1 aromatic heterocycles. The number of hydrogen-bond donors (Lipinski definition) is 0. The van der Waals surface area contributed by atoms with E-state index < -0.39 is 0 Å². The first-order valence-electron chi connectivity index (χ1n) is 4.15. The molecule has 0 spiro atoms. The second-order valence-electron chi connectivity index (χ2n) is 3.03. The highest BCUT2D eigenvalue weighted by Gasteiger charge is 2.28. The van der Waals surface area contributed by atoms with Crippen LogP contribution in [0.2, 0.25) is 0 Å². The van der Waals surface area contributed by atoms with Crippen LogP contribution in [0.5, 0.6) is 0 Å². The smallest absolute Gasteiger partial charge is 0.157 e. The van der Waals surface area contributed by atoms with Crippen molar-refractivity contribution in [3.05, 3.63) is 17.7 Å². The molecule has 0 aliphatic heterocycles. The van der Waals surface area contributed by atoms with Crippen molar-refractivity contribution in [2.45, 2.75) is 23.7 Å². The Bertz CT molecular complexity index is 366. The van der Waals surface area contributed by atoms with Crippen molar-refractivity contribution in [1.82, 2.24) is 9.97 Å². The molecule has 0 unspecified atom stereocenters. The van der Waals surface area contributed by atoms with Crippen molar-refractivity contribution in [3.8, 4) is 6.07 Å². The normalized spacial score (nSPS) is 15.4. The van der Waals surface area contributed by atoms with Crippen LogP contribution in [-0.4, -0.2) is 16.2 Å². The molecule has 0 bridgehead atoms. The monoisotopic (exact) mass is 191 g/mol. The van der Waals surface area contributed by atoms with Gasteiger partial charge in [0, 0.05) is 5.92 Å². The van der Waals surface area contributed by atoms with Crippen LogP contribution in [-0.2, 0) is 0 Å². The Morgan fingerprint density at radius 1 is 1.54 bits per heavy atom. The van der Waals surface area contributed by atoms with E-state index in [4.69, 9.17) is 5.26 Å². The predicted molar refractivity (Wildman–Crippen MR) is 50.5 cm³/mol. The fourth-order valence-electron chi connectivity index (χ4n) is 1.32. The maximum atomic E-state index is 8.82. The number of hydrogen-bond acceptors (Lipinski definition) is 4. The van der Waals surface area contributed by atoms with Gasteiger partial charge in [0.25, 0.3) is 0 Å². The van der Waals surface area contributed by atoms with E-state index in [1.165, 1.54) is 19.2 Å². The molecule has 4 heteroatoms. The zero-order valence-corrected chi connectivity index (χ0v) is 8.14. The average molecular weight is 191 g/mol. The summed E-state index contributed by atoms with van der Waals surface area (Å²) in [5.41, 5.74) is 1.59. The van der Waals surface area contributed by atoms with Crippen molar-refractivity contribution < 1.29 is 0 Å². The lowest BCUT2D eigenvalue weighted by atomic mass is 10.2. The van der Waals surface area contributed by atoms with Gasteiger partial charge in [0.1, 0.15) is 12.4 Å². The summed E-state index contributed by atoms with van der Waals surface area (Å²) < 4.78 is 0. The van der Waals surface area contributed by atoms with Crippen molar-refractivity contribution in [3.63, 3.8) is 0 Å². The molecule has 1 aliphatic carbocycles. The van der Waals surface area contributed by atoms with Crippen LogP contribution in [0, 0.1) is 11.3 Å². The summed E-state index contributed by atoms with van der Waals surface area (Å²) in [5, 5.41) is 8.82. The van der Waals surface area contributed by atoms with Crippen molar-refractivity contribution in [2.75, 3.05) is 6.26 Å². The van der Waals surface area contributed by atoms with Gasteiger partial charge in [0.05, 0.1) is 10.6 Å². The summed E-state index contributed by atoms with van der Waals surface area (Å²) in [6, 6.07) is 2.10. The molecule has 13 heavy (non-hydrogen) atoms. The third-order valence-corrected chi connectivity index (χ3v) is 2.92. The number of thioether (sulfide) groups is 1. The molecule has 3 nitrogen and oxygen atoms in total. The van der Waals surface area contributed by atoms with Crippen molar-refractivity contribution >= 4 is 11.8 Å². The third-order valence-electron chi connectivity index (χ3n) is 2.11. The number of nitriles is 1. The maximum Gasteiger partial charge on any atom is 0.157 e. The molecule has 0 aromatic carbocycles. The Morgan fingerprint density at radius 2 is 2.31 bits per heavy atom. The topological polar surface area (TPSA) is 49.6 Å². The van der Waals surface area contributed by atoms with Crippen LogP contribution in [0.4, 0.5) is 0 Å². The summed E-state index contributed by atoms with van der Waals surface area (Å²) in [7, 11) is 0. The van der Waals surface area contributed by atoms with Gasteiger partial charge in [-0.15, -0.1) is 11.8 Å². The third kappa shape index (κ3) is 1.52. The summed E-state index contributed by atoms with van der Waals surface area (Å²) in [4.78, 5) is 9.15. The first-order valence-corrected chi connectivity index (χ1v) is 5.38. The quantitative estimate of drug-likeness (QED) is 0.670. The fourth-order valence-corrected chi connectivity index (χ4v) is 2.04. The van der Waals surface area contributed by atoms with E-state index in [-0.39, 0.29) is 0 Å². The van der Waals surface area contributed by atoms with E-state index >= 15 is 0 Å².